The number of esters is 1. The summed E-state index contributed by atoms with van der Waals surface area (Å²) in [5.74, 6) is -0.991. The zero-order chi connectivity index (χ0) is 17.8. The molecule has 0 fully saturated rings. The van der Waals surface area contributed by atoms with Gasteiger partial charge in [-0.15, -0.1) is 0 Å². The molecule has 1 atom stereocenters. The van der Waals surface area contributed by atoms with E-state index in [0.717, 1.165) is 10.8 Å². The average Bonchev–Trinajstić information content (AvgIpc) is 2.61. The number of hydrogen-bond donors (Lipinski definition) is 1. The first-order valence-corrected chi connectivity index (χ1v) is 8.17. The van der Waals surface area contributed by atoms with Gasteiger partial charge in [-0.2, -0.15) is 0 Å². The minimum atomic E-state index is -0.932. The van der Waals surface area contributed by atoms with E-state index >= 15 is 0 Å². The number of benzene rings is 3. The van der Waals surface area contributed by atoms with Crippen LogP contribution in [0, 0.1) is 0 Å². The summed E-state index contributed by atoms with van der Waals surface area (Å²) in [6.45, 7) is 1.53. The lowest BCUT2D eigenvalue weighted by Gasteiger charge is -2.14. The molecule has 0 saturated carbocycles. The zero-order valence-corrected chi connectivity index (χ0v) is 14.3. The first-order chi connectivity index (χ1) is 12.0. The van der Waals surface area contributed by atoms with E-state index in [4.69, 9.17) is 16.3 Å². The smallest absolute Gasteiger partial charge is 0.338 e. The third kappa shape index (κ3) is 4.17. The first kappa shape index (κ1) is 17.0. The number of amides is 1. The number of fused-ring (bicyclic) bond motifs is 1. The summed E-state index contributed by atoms with van der Waals surface area (Å²) in [6.07, 6.45) is -0.932. The number of anilines is 1. The number of carbonyl (C=O) groups excluding carboxylic acids is 2. The van der Waals surface area contributed by atoms with Gasteiger partial charge in [-0.3, -0.25) is 4.79 Å². The van der Waals surface area contributed by atoms with E-state index in [1.165, 1.54) is 13.0 Å². The van der Waals surface area contributed by atoms with Crippen molar-refractivity contribution >= 4 is 39.9 Å². The van der Waals surface area contributed by atoms with Gasteiger partial charge in [-0.25, -0.2) is 4.79 Å². The Morgan fingerprint density at radius 3 is 2.48 bits per heavy atom. The molecule has 0 aliphatic heterocycles. The third-order valence-electron chi connectivity index (χ3n) is 3.73. The number of halogens is 1. The minimum Gasteiger partial charge on any atom is -0.449 e. The predicted octanol–water partition coefficient (Wildman–Crippen LogP) is 4.68. The fourth-order valence-electron chi connectivity index (χ4n) is 2.41. The second-order valence-corrected chi connectivity index (χ2v) is 6.05. The molecule has 0 radical (unpaired) electrons. The molecule has 4 nitrogen and oxygen atoms in total. The SMILES string of the molecule is C[C@@H](OC(=O)c1cccc(Cl)c1)C(=O)Nc1ccc2ccccc2c1. The third-order valence-corrected chi connectivity index (χ3v) is 3.97. The summed E-state index contributed by atoms with van der Waals surface area (Å²) in [6, 6.07) is 19.9. The fourth-order valence-corrected chi connectivity index (χ4v) is 2.60. The van der Waals surface area contributed by atoms with Crippen molar-refractivity contribution in [2.45, 2.75) is 13.0 Å². The monoisotopic (exact) mass is 353 g/mol. The lowest BCUT2D eigenvalue weighted by atomic mass is 10.1. The van der Waals surface area contributed by atoms with E-state index < -0.39 is 18.0 Å². The summed E-state index contributed by atoms with van der Waals surface area (Å²) in [7, 11) is 0. The van der Waals surface area contributed by atoms with Crippen LogP contribution in [0.15, 0.2) is 66.7 Å². The van der Waals surface area contributed by atoms with Crippen molar-refractivity contribution in [1.82, 2.24) is 0 Å². The lowest BCUT2D eigenvalue weighted by Crippen LogP contribution is -2.30. The number of ether oxygens (including phenoxy) is 1. The van der Waals surface area contributed by atoms with Gasteiger partial charge < -0.3 is 10.1 Å². The predicted molar refractivity (Wildman–Crippen MR) is 98.9 cm³/mol. The summed E-state index contributed by atoms with van der Waals surface area (Å²) >= 11 is 5.86. The van der Waals surface area contributed by atoms with Gasteiger partial charge >= 0.3 is 5.97 Å². The number of carbonyl (C=O) groups is 2. The molecular formula is C20H16ClNO3. The van der Waals surface area contributed by atoms with Crippen molar-refractivity contribution in [2.75, 3.05) is 5.32 Å². The molecule has 126 valence electrons. The molecule has 1 amide bonds. The fraction of sp³-hybridized carbons (Fsp3) is 0.100. The molecule has 1 N–H and O–H groups in total. The Morgan fingerprint density at radius 2 is 1.72 bits per heavy atom. The first-order valence-electron chi connectivity index (χ1n) is 7.79. The van der Waals surface area contributed by atoms with Crippen molar-refractivity contribution in [3.05, 3.63) is 77.3 Å². The zero-order valence-electron chi connectivity index (χ0n) is 13.5. The van der Waals surface area contributed by atoms with Gasteiger partial charge in [0.1, 0.15) is 0 Å². The molecule has 0 spiro atoms. The maximum absolute atomic E-state index is 12.3. The van der Waals surface area contributed by atoms with Crippen LogP contribution in [0.2, 0.25) is 5.02 Å². The van der Waals surface area contributed by atoms with Crippen molar-refractivity contribution in [2.24, 2.45) is 0 Å². The van der Waals surface area contributed by atoms with Gasteiger partial charge in [0, 0.05) is 10.7 Å². The molecule has 3 aromatic carbocycles. The van der Waals surface area contributed by atoms with Crippen LogP contribution < -0.4 is 5.32 Å². The van der Waals surface area contributed by atoms with Gasteiger partial charge in [0.15, 0.2) is 6.10 Å². The lowest BCUT2D eigenvalue weighted by molar-refractivity contribution is -0.123. The Bertz CT molecular complexity index is 939. The Kier molecular flexibility index (Phi) is 5.00. The molecule has 0 saturated heterocycles. The molecule has 5 heteroatoms. The summed E-state index contributed by atoms with van der Waals surface area (Å²) in [5, 5.41) is 5.29. The van der Waals surface area contributed by atoms with E-state index in [0.29, 0.717) is 16.3 Å². The molecule has 0 aliphatic carbocycles. The summed E-state index contributed by atoms with van der Waals surface area (Å²) in [5.41, 5.74) is 0.951. The Morgan fingerprint density at radius 1 is 0.960 bits per heavy atom. The van der Waals surface area contributed by atoms with Gasteiger partial charge in [0.2, 0.25) is 0 Å². The van der Waals surface area contributed by atoms with Crippen LogP contribution >= 0.6 is 11.6 Å². The highest BCUT2D eigenvalue weighted by Crippen LogP contribution is 2.19. The molecule has 0 aromatic heterocycles. The normalized spacial score (nSPS) is 11.8. The van der Waals surface area contributed by atoms with E-state index in [9.17, 15) is 9.59 Å². The van der Waals surface area contributed by atoms with Crippen LogP contribution in [-0.4, -0.2) is 18.0 Å². The summed E-state index contributed by atoms with van der Waals surface area (Å²) < 4.78 is 5.20. The Hall–Kier alpha value is -2.85. The summed E-state index contributed by atoms with van der Waals surface area (Å²) in [4.78, 5) is 24.3. The molecule has 0 aliphatic rings. The quantitative estimate of drug-likeness (QED) is 0.693. The van der Waals surface area contributed by atoms with Crippen LogP contribution in [-0.2, 0) is 9.53 Å². The largest absolute Gasteiger partial charge is 0.449 e. The van der Waals surface area contributed by atoms with E-state index in [-0.39, 0.29) is 0 Å². The highest BCUT2D eigenvalue weighted by molar-refractivity contribution is 6.30. The average molecular weight is 354 g/mol. The molecular weight excluding hydrogens is 338 g/mol. The second kappa shape index (κ2) is 7.36. The van der Waals surface area contributed by atoms with Crippen LogP contribution in [0.3, 0.4) is 0 Å². The van der Waals surface area contributed by atoms with E-state index in [2.05, 4.69) is 5.32 Å². The van der Waals surface area contributed by atoms with Gasteiger partial charge in [0.25, 0.3) is 5.91 Å². The number of rotatable bonds is 4. The van der Waals surface area contributed by atoms with Crippen molar-refractivity contribution < 1.29 is 14.3 Å². The van der Waals surface area contributed by atoms with Crippen LogP contribution in [0.25, 0.3) is 10.8 Å². The van der Waals surface area contributed by atoms with Gasteiger partial charge in [0.05, 0.1) is 5.56 Å². The number of hydrogen-bond acceptors (Lipinski definition) is 3. The molecule has 0 heterocycles. The highest BCUT2D eigenvalue weighted by Gasteiger charge is 2.19. The van der Waals surface area contributed by atoms with Crippen LogP contribution in [0.4, 0.5) is 5.69 Å². The van der Waals surface area contributed by atoms with E-state index in [1.807, 2.05) is 42.5 Å². The topological polar surface area (TPSA) is 55.4 Å². The Balaban J connectivity index is 1.66. The molecule has 3 aromatic rings. The van der Waals surface area contributed by atoms with Gasteiger partial charge in [-0.05, 0) is 48.0 Å². The molecule has 0 bridgehead atoms. The minimum absolute atomic E-state index is 0.304. The van der Waals surface area contributed by atoms with Crippen molar-refractivity contribution in [1.29, 1.82) is 0 Å². The highest BCUT2D eigenvalue weighted by atomic mass is 35.5. The van der Waals surface area contributed by atoms with Crippen LogP contribution in [0.5, 0.6) is 0 Å². The molecule has 3 rings (SSSR count). The number of nitrogens with one attached hydrogen (secondary N) is 1. The van der Waals surface area contributed by atoms with Crippen molar-refractivity contribution in [3.8, 4) is 0 Å². The Labute approximate surface area is 150 Å². The molecule has 0 unspecified atom stereocenters. The van der Waals surface area contributed by atoms with Crippen LogP contribution in [0.1, 0.15) is 17.3 Å². The van der Waals surface area contributed by atoms with Crippen molar-refractivity contribution in [3.63, 3.8) is 0 Å². The van der Waals surface area contributed by atoms with Gasteiger partial charge in [-0.1, -0.05) is 48.0 Å². The van der Waals surface area contributed by atoms with E-state index in [1.54, 1.807) is 18.2 Å². The standard InChI is InChI=1S/C20H16ClNO3/c1-13(25-20(24)16-7-4-8-17(21)11-16)19(23)22-18-10-9-14-5-2-3-6-15(14)12-18/h2-13H,1H3,(H,22,23)/t13-/m1/s1. The maximum Gasteiger partial charge on any atom is 0.338 e. The maximum atomic E-state index is 12.3. The second-order valence-electron chi connectivity index (χ2n) is 5.61. The molecule has 25 heavy (non-hydrogen) atoms.